The second kappa shape index (κ2) is 9.23. The summed E-state index contributed by atoms with van der Waals surface area (Å²) in [4.78, 5) is 38.4. The Morgan fingerprint density at radius 3 is 2.41 bits per heavy atom. The van der Waals surface area contributed by atoms with E-state index < -0.39 is 29.4 Å². The molecule has 0 aliphatic carbocycles. The number of hydrogen-bond acceptors (Lipinski definition) is 5. The number of rotatable bonds is 8. The van der Waals surface area contributed by atoms with Gasteiger partial charge in [0.05, 0.1) is 0 Å². The standard InChI is InChI=1S/C24H27N3O5/c1-5-10-24(22(29)27(23(30)25-24)17(4)21(28)26-31)19-6-8-20(9-7-19)32-14-18-12-15(2)11-16(3)13-18/h5-9,11-13,17,31H,1,10,14H2,2-4H3,(H,25,30)(H,26,28). The molecule has 0 bridgehead atoms. The van der Waals surface area contributed by atoms with Crippen LogP contribution in [0.15, 0.2) is 55.1 Å². The fourth-order valence-electron chi connectivity index (χ4n) is 3.98. The second-order valence-corrected chi connectivity index (χ2v) is 7.96. The average Bonchev–Trinajstić information content (AvgIpc) is 3.01. The van der Waals surface area contributed by atoms with Crippen LogP contribution in [-0.4, -0.2) is 34.0 Å². The molecule has 8 heteroatoms. The molecule has 2 aromatic carbocycles. The Kier molecular flexibility index (Phi) is 6.64. The Bertz CT molecular complexity index is 1030. The topological polar surface area (TPSA) is 108 Å². The fourth-order valence-corrected chi connectivity index (χ4v) is 3.98. The van der Waals surface area contributed by atoms with Crippen LogP contribution in [0, 0.1) is 13.8 Å². The number of ether oxygens (including phenoxy) is 1. The molecular formula is C24H27N3O5. The first-order chi connectivity index (χ1) is 15.2. The molecule has 4 amide bonds. The number of hydrogen-bond donors (Lipinski definition) is 3. The van der Waals surface area contributed by atoms with Gasteiger partial charge in [0.1, 0.15) is 23.9 Å². The predicted molar refractivity (Wildman–Crippen MR) is 118 cm³/mol. The lowest BCUT2D eigenvalue weighted by molar-refractivity contribution is -0.141. The Morgan fingerprint density at radius 2 is 1.84 bits per heavy atom. The Morgan fingerprint density at radius 1 is 1.22 bits per heavy atom. The zero-order chi connectivity index (χ0) is 23.5. The molecule has 1 fully saturated rings. The predicted octanol–water partition coefficient (Wildman–Crippen LogP) is 3.10. The molecule has 0 aromatic heterocycles. The third-order valence-corrected chi connectivity index (χ3v) is 5.48. The minimum atomic E-state index is -1.39. The quantitative estimate of drug-likeness (QED) is 0.255. The largest absolute Gasteiger partial charge is 0.489 e. The van der Waals surface area contributed by atoms with Crippen molar-refractivity contribution in [3.05, 3.63) is 77.4 Å². The van der Waals surface area contributed by atoms with Gasteiger partial charge in [0.25, 0.3) is 11.8 Å². The van der Waals surface area contributed by atoms with E-state index in [4.69, 9.17) is 9.94 Å². The zero-order valence-corrected chi connectivity index (χ0v) is 18.3. The molecule has 0 radical (unpaired) electrons. The first-order valence-electron chi connectivity index (χ1n) is 10.2. The number of carbonyl (C=O) groups is 3. The van der Waals surface area contributed by atoms with Crippen molar-refractivity contribution in [1.29, 1.82) is 0 Å². The molecule has 3 N–H and O–H groups in total. The Hall–Kier alpha value is -3.65. The monoisotopic (exact) mass is 437 g/mol. The maximum absolute atomic E-state index is 13.3. The highest BCUT2D eigenvalue weighted by Crippen LogP contribution is 2.35. The zero-order valence-electron chi connectivity index (χ0n) is 18.3. The van der Waals surface area contributed by atoms with Crippen molar-refractivity contribution in [1.82, 2.24) is 15.7 Å². The van der Waals surface area contributed by atoms with Crippen LogP contribution in [0.5, 0.6) is 5.75 Å². The normalized spacial score (nSPS) is 18.8. The van der Waals surface area contributed by atoms with E-state index in [0.29, 0.717) is 17.9 Å². The van der Waals surface area contributed by atoms with Gasteiger partial charge >= 0.3 is 6.03 Å². The van der Waals surface area contributed by atoms with E-state index in [2.05, 4.69) is 30.1 Å². The number of nitrogens with zero attached hydrogens (tertiary/aromatic N) is 1. The van der Waals surface area contributed by atoms with Crippen LogP contribution in [0.1, 0.15) is 35.6 Å². The maximum atomic E-state index is 13.3. The van der Waals surface area contributed by atoms with Crippen LogP contribution < -0.4 is 15.5 Å². The third-order valence-electron chi connectivity index (χ3n) is 5.48. The minimum absolute atomic E-state index is 0.129. The number of carbonyl (C=O) groups excluding carboxylic acids is 3. The number of hydroxylamine groups is 1. The summed E-state index contributed by atoms with van der Waals surface area (Å²) in [7, 11) is 0. The number of amides is 4. The summed E-state index contributed by atoms with van der Waals surface area (Å²) in [5.74, 6) is -0.844. The van der Waals surface area contributed by atoms with Gasteiger partial charge in [-0.25, -0.2) is 15.2 Å². The maximum Gasteiger partial charge on any atom is 0.326 e. The first-order valence-corrected chi connectivity index (χ1v) is 10.2. The van der Waals surface area contributed by atoms with E-state index in [9.17, 15) is 14.4 Å². The molecule has 8 nitrogen and oxygen atoms in total. The number of benzene rings is 2. The van der Waals surface area contributed by atoms with E-state index in [1.165, 1.54) is 18.5 Å². The molecule has 168 valence electrons. The summed E-state index contributed by atoms with van der Waals surface area (Å²) in [6.07, 6.45) is 1.66. The van der Waals surface area contributed by atoms with Crippen LogP contribution in [0.4, 0.5) is 4.79 Å². The molecule has 0 spiro atoms. The lowest BCUT2D eigenvalue weighted by Crippen LogP contribution is -2.49. The van der Waals surface area contributed by atoms with E-state index in [-0.39, 0.29) is 6.42 Å². The Balaban J connectivity index is 1.82. The van der Waals surface area contributed by atoms with Gasteiger partial charge in [-0.15, -0.1) is 6.58 Å². The van der Waals surface area contributed by atoms with Gasteiger partial charge in [-0.3, -0.25) is 14.8 Å². The van der Waals surface area contributed by atoms with Crippen LogP contribution in [0.25, 0.3) is 0 Å². The van der Waals surface area contributed by atoms with Crippen molar-refractivity contribution in [2.24, 2.45) is 0 Å². The number of urea groups is 1. The molecule has 1 aliphatic heterocycles. The van der Waals surface area contributed by atoms with Gasteiger partial charge < -0.3 is 10.1 Å². The van der Waals surface area contributed by atoms with E-state index >= 15 is 0 Å². The van der Waals surface area contributed by atoms with E-state index in [1.807, 2.05) is 13.8 Å². The SMILES string of the molecule is C=CCC1(c2ccc(OCc3cc(C)cc(C)c3)cc2)NC(=O)N(C(C)C(=O)NO)C1=O. The Labute approximate surface area is 186 Å². The lowest BCUT2D eigenvalue weighted by atomic mass is 9.86. The van der Waals surface area contributed by atoms with Crippen LogP contribution in [0.2, 0.25) is 0 Å². The first kappa shape index (κ1) is 23.0. The summed E-state index contributed by atoms with van der Waals surface area (Å²) < 4.78 is 5.88. The molecule has 1 saturated heterocycles. The molecule has 2 aromatic rings. The highest BCUT2D eigenvalue weighted by atomic mass is 16.5. The molecule has 2 atom stereocenters. The van der Waals surface area contributed by atoms with Gasteiger partial charge in [-0.2, -0.15) is 0 Å². The van der Waals surface area contributed by atoms with Gasteiger partial charge in [0, 0.05) is 6.42 Å². The van der Waals surface area contributed by atoms with Crippen molar-refractivity contribution >= 4 is 17.8 Å². The van der Waals surface area contributed by atoms with Crippen molar-refractivity contribution in [2.45, 2.75) is 45.4 Å². The van der Waals surface area contributed by atoms with Gasteiger partial charge in [-0.1, -0.05) is 47.5 Å². The summed E-state index contributed by atoms with van der Waals surface area (Å²) in [6.45, 7) is 9.53. The second-order valence-electron chi connectivity index (χ2n) is 7.96. The molecule has 1 aliphatic rings. The van der Waals surface area contributed by atoms with Crippen molar-refractivity contribution < 1.29 is 24.3 Å². The lowest BCUT2D eigenvalue weighted by Gasteiger charge is -2.27. The molecular weight excluding hydrogens is 410 g/mol. The van der Waals surface area contributed by atoms with Gasteiger partial charge in [0.2, 0.25) is 0 Å². The molecule has 2 unspecified atom stereocenters. The van der Waals surface area contributed by atoms with E-state index in [0.717, 1.165) is 21.6 Å². The smallest absolute Gasteiger partial charge is 0.326 e. The molecule has 32 heavy (non-hydrogen) atoms. The number of nitrogens with one attached hydrogen (secondary N) is 2. The summed E-state index contributed by atoms with van der Waals surface area (Å²) in [5, 5.41) is 11.6. The van der Waals surface area contributed by atoms with Gasteiger partial charge in [-0.05, 0) is 44.0 Å². The van der Waals surface area contributed by atoms with Crippen LogP contribution >= 0.6 is 0 Å². The molecule has 0 saturated carbocycles. The third kappa shape index (κ3) is 4.36. The number of aryl methyl sites for hydroxylation is 2. The fraction of sp³-hybridized carbons (Fsp3) is 0.292. The number of imide groups is 1. The van der Waals surface area contributed by atoms with Crippen molar-refractivity contribution in [3.8, 4) is 5.75 Å². The van der Waals surface area contributed by atoms with Crippen LogP contribution in [0.3, 0.4) is 0 Å². The highest BCUT2D eigenvalue weighted by molar-refractivity contribution is 6.10. The highest BCUT2D eigenvalue weighted by Gasteiger charge is 2.54. The van der Waals surface area contributed by atoms with Crippen molar-refractivity contribution in [2.75, 3.05) is 0 Å². The summed E-state index contributed by atoms with van der Waals surface area (Å²) in [6, 6.07) is 11.2. The summed E-state index contributed by atoms with van der Waals surface area (Å²) >= 11 is 0. The summed E-state index contributed by atoms with van der Waals surface area (Å²) in [5.41, 5.74) is 3.99. The molecule has 3 rings (SSSR count). The minimum Gasteiger partial charge on any atom is -0.489 e. The van der Waals surface area contributed by atoms with E-state index in [1.54, 1.807) is 24.3 Å². The van der Waals surface area contributed by atoms with Crippen molar-refractivity contribution in [3.63, 3.8) is 0 Å². The van der Waals surface area contributed by atoms with Gasteiger partial charge in [0.15, 0.2) is 0 Å². The van der Waals surface area contributed by atoms with Crippen LogP contribution in [-0.2, 0) is 21.7 Å². The molecule has 1 heterocycles. The average molecular weight is 437 g/mol.